The molecule has 0 saturated heterocycles. The molecule has 0 fully saturated rings. The van der Waals surface area contributed by atoms with Crippen molar-refractivity contribution in [1.29, 1.82) is 0 Å². The van der Waals surface area contributed by atoms with Crippen molar-refractivity contribution in [3.8, 4) is 17.2 Å². The lowest BCUT2D eigenvalue weighted by Crippen LogP contribution is -2.41. The van der Waals surface area contributed by atoms with Crippen LogP contribution in [0.5, 0.6) is 17.2 Å². The van der Waals surface area contributed by atoms with Gasteiger partial charge in [-0.1, -0.05) is 18.2 Å². The van der Waals surface area contributed by atoms with Gasteiger partial charge in [0, 0.05) is 6.54 Å². The quantitative estimate of drug-likeness (QED) is 0.468. The highest BCUT2D eigenvalue weighted by Crippen LogP contribution is 2.38. The number of aromatic hydroxyl groups is 1. The Labute approximate surface area is 194 Å². The van der Waals surface area contributed by atoms with Crippen LogP contribution in [0, 0.1) is 0 Å². The summed E-state index contributed by atoms with van der Waals surface area (Å²) in [7, 11) is -0.965. The second-order valence-corrected chi connectivity index (χ2v) is 10.0. The molecule has 2 amide bonds. The first-order valence-corrected chi connectivity index (χ1v) is 12.1. The number of hydrogen-bond acceptors (Lipinski definition) is 8. The molecular weight excluding hydrogens is 468 g/mol. The van der Waals surface area contributed by atoms with Gasteiger partial charge < -0.3 is 14.6 Å². The minimum atomic E-state index is -3.87. The Hall–Kier alpha value is -3.41. The van der Waals surface area contributed by atoms with Crippen LogP contribution in [0.2, 0.25) is 0 Å². The van der Waals surface area contributed by atoms with E-state index in [9.17, 15) is 23.1 Å². The number of sulfonamides is 1. The number of hydrogen-bond donors (Lipinski definition) is 2. The topological polar surface area (TPSA) is 122 Å². The second-order valence-electron chi connectivity index (χ2n) is 7.09. The van der Waals surface area contributed by atoms with Gasteiger partial charge in [0.05, 0.1) is 31.4 Å². The van der Waals surface area contributed by atoms with E-state index in [2.05, 4.69) is 4.72 Å². The minimum absolute atomic E-state index is 0.0478. The van der Waals surface area contributed by atoms with Crippen LogP contribution in [0.3, 0.4) is 0 Å². The van der Waals surface area contributed by atoms with Crippen molar-refractivity contribution in [2.75, 3.05) is 20.8 Å². The predicted octanol–water partition coefficient (Wildman–Crippen LogP) is 2.79. The van der Waals surface area contributed by atoms with Crippen molar-refractivity contribution in [2.45, 2.75) is 10.3 Å². The lowest BCUT2D eigenvalue weighted by Gasteiger charge is -2.27. The molecule has 1 unspecified atom stereocenters. The van der Waals surface area contributed by atoms with E-state index in [0.29, 0.717) is 17.1 Å². The fraction of sp³-hybridized carbons (Fsp3) is 0.182. The lowest BCUT2D eigenvalue weighted by molar-refractivity contribution is 0.0583. The molecule has 1 aliphatic rings. The molecule has 172 valence electrons. The maximum absolute atomic E-state index is 13.2. The minimum Gasteiger partial charge on any atom is -0.507 e. The standard InChI is InChI=1S/C22H20N2O7S2/c1-30-17-9-8-13(11-18(17)31-2)15(12-23-33(28,29)19-7-4-10-32-19)24-21(26)14-5-3-6-16(25)20(14)22(24)27/h3-11,15,23,25H,12H2,1-2H3. The zero-order chi connectivity index (χ0) is 23.8. The van der Waals surface area contributed by atoms with Crippen molar-refractivity contribution < 1.29 is 32.6 Å². The van der Waals surface area contributed by atoms with E-state index in [-0.39, 0.29) is 27.6 Å². The molecule has 0 aliphatic carbocycles. The SMILES string of the molecule is COc1ccc(C(CNS(=O)(=O)c2cccs2)N2C(=O)c3cccc(O)c3C2=O)cc1OC. The van der Waals surface area contributed by atoms with Gasteiger partial charge in [0.25, 0.3) is 11.8 Å². The van der Waals surface area contributed by atoms with E-state index < -0.39 is 27.9 Å². The Morgan fingerprint density at radius 1 is 1.03 bits per heavy atom. The van der Waals surface area contributed by atoms with Crippen LogP contribution in [0.4, 0.5) is 0 Å². The monoisotopic (exact) mass is 488 g/mol. The van der Waals surface area contributed by atoms with Gasteiger partial charge in [-0.25, -0.2) is 13.1 Å². The van der Waals surface area contributed by atoms with Crippen molar-refractivity contribution in [2.24, 2.45) is 0 Å². The van der Waals surface area contributed by atoms with Gasteiger partial charge >= 0.3 is 0 Å². The van der Waals surface area contributed by atoms with Crippen LogP contribution in [0.1, 0.15) is 32.3 Å². The molecule has 1 aliphatic heterocycles. The summed E-state index contributed by atoms with van der Waals surface area (Å²) in [6.07, 6.45) is 0. The summed E-state index contributed by atoms with van der Waals surface area (Å²) in [6.45, 7) is -0.290. The number of ether oxygens (including phenoxy) is 2. The number of fused-ring (bicyclic) bond motifs is 1. The van der Waals surface area contributed by atoms with Crippen molar-refractivity contribution in [1.82, 2.24) is 9.62 Å². The third kappa shape index (κ3) is 4.06. The van der Waals surface area contributed by atoms with E-state index in [1.807, 2.05) is 0 Å². The van der Waals surface area contributed by atoms with Gasteiger partial charge in [0.2, 0.25) is 10.0 Å². The third-order valence-electron chi connectivity index (χ3n) is 5.26. The summed E-state index contributed by atoms with van der Waals surface area (Å²) >= 11 is 1.05. The maximum atomic E-state index is 13.2. The molecular formula is C22H20N2O7S2. The van der Waals surface area contributed by atoms with Crippen LogP contribution in [0.15, 0.2) is 58.1 Å². The van der Waals surface area contributed by atoms with Crippen molar-refractivity contribution in [3.05, 3.63) is 70.6 Å². The maximum Gasteiger partial charge on any atom is 0.265 e. The first-order valence-electron chi connectivity index (χ1n) is 9.73. The number of amides is 2. The first kappa shape index (κ1) is 22.8. The van der Waals surface area contributed by atoms with Crippen LogP contribution in [0.25, 0.3) is 0 Å². The van der Waals surface area contributed by atoms with Gasteiger partial charge in [0.15, 0.2) is 11.5 Å². The lowest BCUT2D eigenvalue weighted by atomic mass is 10.0. The van der Waals surface area contributed by atoms with E-state index in [0.717, 1.165) is 16.2 Å². The Kier molecular flexibility index (Phi) is 6.11. The van der Waals surface area contributed by atoms with Crippen LogP contribution >= 0.6 is 11.3 Å². The summed E-state index contributed by atoms with van der Waals surface area (Å²) in [5, 5.41) is 11.8. The van der Waals surface area contributed by atoms with Crippen LogP contribution in [-0.4, -0.2) is 51.0 Å². The summed E-state index contributed by atoms with van der Waals surface area (Å²) in [5.74, 6) is -0.900. The van der Waals surface area contributed by atoms with Crippen molar-refractivity contribution in [3.63, 3.8) is 0 Å². The van der Waals surface area contributed by atoms with E-state index >= 15 is 0 Å². The Morgan fingerprint density at radius 2 is 1.79 bits per heavy atom. The molecule has 0 radical (unpaired) electrons. The number of nitrogens with zero attached hydrogens (tertiary/aromatic N) is 1. The number of carbonyl (C=O) groups is 2. The normalized spacial score (nSPS) is 14.3. The molecule has 2 heterocycles. The zero-order valence-electron chi connectivity index (χ0n) is 17.6. The fourth-order valence-electron chi connectivity index (χ4n) is 3.66. The van der Waals surface area contributed by atoms with E-state index in [1.54, 1.807) is 29.6 Å². The molecule has 0 spiro atoms. The smallest absolute Gasteiger partial charge is 0.265 e. The number of thiophene rings is 1. The Bertz CT molecular complexity index is 1320. The fourth-order valence-corrected chi connectivity index (χ4v) is 5.74. The van der Waals surface area contributed by atoms with Gasteiger partial charge in [-0.15, -0.1) is 11.3 Å². The zero-order valence-corrected chi connectivity index (χ0v) is 19.3. The highest BCUT2D eigenvalue weighted by molar-refractivity contribution is 7.91. The third-order valence-corrected chi connectivity index (χ3v) is 8.08. The summed E-state index contributed by atoms with van der Waals surface area (Å²) < 4.78 is 38.6. The van der Waals surface area contributed by atoms with Gasteiger partial charge in [-0.2, -0.15) is 0 Å². The molecule has 4 rings (SSSR count). The molecule has 1 aromatic heterocycles. The van der Waals surface area contributed by atoms with E-state index in [4.69, 9.17) is 9.47 Å². The summed E-state index contributed by atoms with van der Waals surface area (Å²) in [5.41, 5.74) is 0.371. The number of phenols is 1. The molecule has 11 heteroatoms. The molecule has 2 aromatic carbocycles. The molecule has 3 aromatic rings. The van der Waals surface area contributed by atoms with E-state index in [1.165, 1.54) is 38.5 Å². The molecule has 2 N–H and O–H groups in total. The molecule has 0 bridgehead atoms. The molecule has 1 atom stereocenters. The average molecular weight is 489 g/mol. The first-order chi connectivity index (χ1) is 15.8. The number of methoxy groups -OCH3 is 2. The number of benzene rings is 2. The average Bonchev–Trinajstić information content (AvgIpc) is 3.43. The van der Waals surface area contributed by atoms with Gasteiger partial charge in [-0.05, 0) is 41.3 Å². The van der Waals surface area contributed by atoms with Gasteiger partial charge in [-0.3, -0.25) is 14.5 Å². The highest BCUT2D eigenvalue weighted by atomic mass is 32.2. The number of carbonyl (C=O) groups excluding carboxylic acids is 2. The van der Waals surface area contributed by atoms with Crippen LogP contribution in [-0.2, 0) is 10.0 Å². The molecule has 9 nitrogen and oxygen atoms in total. The summed E-state index contributed by atoms with van der Waals surface area (Å²) in [6, 6.07) is 11.1. The number of imide groups is 1. The van der Waals surface area contributed by atoms with Crippen molar-refractivity contribution >= 4 is 33.2 Å². The Balaban J connectivity index is 1.76. The second kappa shape index (κ2) is 8.85. The largest absolute Gasteiger partial charge is 0.507 e. The number of nitrogens with one attached hydrogen (secondary N) is 1. The highest BCUT2D eigenvalue weighted by Gasteiger charge is 2.42. The summed E-state index contributed by atoms with van der Waals surface area (Å²) in [4.78, 5) is 27.3. The van der Waals surface area contributed by atoms with Gasteiger partial charge in [0.1, 0.15) is 9.96 Å². The molecule has 0 saturated carbocycles. The number of phenolic OH excluding ortho intramolecular Hbond substituents is 1. The molecule has 33 heavy (non-hydrogen) atoms. The van der Waals surface area contributed by atoms with Crippen LogP contribution < -0.4 is 14.2 Å². The number of rotatable bonds is 8. The predicted molar refractivity (Wildman–Crippen MR) is 120 cm³/mol. The Morgan fingerprint density at radius 3 is 2.42 bits per heavy atom.